The molecule has 4 rings (SSSR count). The van der Waals surface area contributed by atoms with Gasteiger partial charge in [0.1, 0.15) is 11.7 Å². The number of carbonyl (C=O) groups is 1. The van der Waals surface area contributed by atoms with Gasteiger partial charge in [-0.1, -0.05) is 12.1 Å². The highest BCUT2D eigenvalue weighted by molar-refractivity contribution is 5.71. The van der Waals surface area contributed by atoms with Crippen molar-refractivity contribution in [2.75, 3.05) is 5.73 Å². The van der Waals surface area contributed by atoms with Gasteiger partial charge in [0, 0.05) is 11.1 Å². The van der Waals surface area contributed by atoms with E-state index in [9.17, 15) is 14.3 Å². The van der Waals surface area contributed by atoms with E-state index in [2.05, 4.69) is 0 Å². The van der Waals surface area contributed by atoms with Gasteiger partial charge in [0.05, 0.1) is 11.7 Å². The molecule has 0 spiro atoms. The summed E-state index contributed by atoms with van der Waals surface area (Å²) in [5, 5.41) is 10.8. The number of anilines is 1. The number of fused-ring (bicyclic) bond motifs is 1. The highest BCUT2D eigenvalue weighted by Crippen LogP contribution is 2.57. The smallest absolute Gasteiger partial charge is 0.411 e. The molecule has 24 heavy (non-hydrogen) atoms. The van der Waals surface area contributed by atoms with Crippen LogP contribution in [0.2, 0.25) is 0 Å². The lowest BCUT2D eigenvalue weighted by Crippen LogP contribution is -2.49. The summed E-state index contributed by atoms with van der Waals surface area (Å²) in [6, 6.07) is 4.08. The number of hydrogen-bond donors (Lipinski definition) is 2. The van der Waals surface area contributed by atoms with E-state index in [-0.39, 0.29) is 22.7 Å². The highest BCUT2D eigenvalue weighted by Gasteiger charge is 2.63. The molecular formula is C18H25FN2O3. The van der Waals surface area contributed by atoms with E-state index in [1.807, 2.05) is 6.92 Å². The van der Waals surface area contributed by atoms with Crippen LogP contribution in [0.25, 0.3) is 0 Å². The van der Waals surface area contributed by atoms with Gasteiger partial charge in [-0.15, -0.1) is 0 Å². The number of benzene rings is 1. The average molecular weight is 336 g/mol. The maximum atomic E-state index is 14.3. The average Bonchev–Trinajstić information content (AvgIpc) is 2.87. The minimum Gasteiger partial charge on any atom is -0.444 e. The summed E-state index contributed by atoms with van der Waals surface area (Å²) >= 11 is 0. The summed E-state index contributed by atoms with van der Waals surface area (Å²) in [5.41, 5.74) is 4.77. The molecule has 0 radical (unpaired) electrons. The van der Waals surface area contributed by atoms with E-state index in [0.29, 0.717) is 0 Å². The zero-order valence-electron chi connectivity index (χ0n) is 14.5. The number of hydrogen-bond acceptors (Lipinski definition) is 4. The number of rotatable bonds is 2. The van der Waals surface area contributed by atoms with Crippen LogP contribution in [0.3, 0.4) is 0 Å². The van der Waals surface area contributed by atoms with Crippen LogP contribution >= 0.6 is 0 Å². The van der Waals surface area contributed by atoms with Crippen LogP contribution in [0.15, 0.2) is 18.2 Å². The summed E-state index contributed by atoms with van der Waals surface area (Å²) in [4.78, 5) is 14.3. The third kappa shape index (κ3) is 2.62. The summed E-state index contributed by atoms with van der Waals surface area (Å²) in [7, 11) is 0. The van der Waals surface area contributed by atoms with Gasteiger partial charge in [0.2, 0.25) is 0 Å². The molecule has 2 aliphatic heterocycles. The highest BCUT2D eigenvalue weighted by atomic mass is 19.1. The Morgan fingerprint density at radius 2 is 2.08 bits per heavy atom. The van der Waals surface area contributed by atoms with E-state index in [4.69, 9.17) is 10.5 Å². The fourth-order valence-electron chi connectivity index (χ4n) is 4.11. The Hall–Kier alpha value is -1.82. The fourth-order valence-corrected chi connectivity index (χ4v) is 4.11. The van der Waals surface area contributed by atoms with Crippen LogP contribution in [-0.2, 0) is 4.74 Å². The van der Waals surface area contributed by atoms with Crippen molar-refractivity contribution >= 4 is 11.8 Å². The molecule has 0 unspecified atom stereocenters. The van der Waals surface area contributed by atoms with Crippen LogP contribution in [0, 0.1) is 11.7 Å². The molecule has 6 heteroatoms. The van der Waals surface area contributed by atoms with Crippen molar-refractivity contribution in [3.63, 3.8) is 0 Å². The van der Waals surface area contributed by atoms with Gasteiger partial charge in [0.15, 0.2) is 5.82 Å². The Balaban J connectivity index is 1.91. The monoisotopic (exact) mass is 336 g/mol. The first-order valence-electron chi connectivity index (χ1n) is 8.28. The van der Waals surface area contributed by atoms with Gasteiger partial charge in [-0.25, -0.2) is 9.18 Å². The van der Waals surface area contributed by atoms with Crippen molar-refractivity contribution in [2.45, 2.75) is 63.8 Å². The summed E-state index contributed by atoms with van der Waals surface area (Å²) in [6.45, 7) is 7.39. The number of carbonyl (C=O) groups excluding carboxylic acids is 1. The Morgan fingerprint density at radius 1 is 1.46 bits per heavy atom. The molecule has 0 aromatic heterocycles. The molecule has 2 heterocycles. The molecule has 3 fully saturated rings. The van der Waals surface area contributed by atoms with Crippen molar-refractivity contribution < 1.29 is 19.0 Å². The van der Waals surface area contributed by atoms with Crippen LogP contribution in [0.4, 0.5) is 14.9 Å². The van der Waals surface area contributed by atoms with Crippen molar-refractivity contribution in [3.8, 4) is 0 Å². The molecular weight excluding hydrogens is 311 g/mol. The van der Waals surface area contributed by atoms with E-state index in [0.717, 1.165) is 12.8 Å². The Bertz CT molecular complexity index is 665. The van der Waals surface area contributed by atoms with Gasteiger partial charge in [0.25, 0.3) is 0 Å². The molecule has 2 atom stereocenters. The van der Waals surface area contributed by atoms with Crippen LogP contribution in [-0.4, -0.2) is 33.3 Å². The fraction of sp³-hybridized carbons (Fsp3) is 0.611. The maximum absolute atomic E-state index is 14.3. The second-order valence-electron chi connectivity index (χ2n) is 8.20. The normalized spacial score (nSPS) is 30.0. The van der Waals surface area contributed by atoms with E-state index in [1.165, 1.54) is 12.1 Å². The van der Waals surface area contributed by atoms with Gasteiger partial charge in [-0.3, -0.25) is 4.90 Å². The number of nitrogens with zero attached hydrogens (tertiary/aromatic N) is 1. The molecule has 132 valence electrons. The quantitative estimate of drug-likeness (QED) is 0.813. The van der Waals surface area contributed by atoms with E-state index < -0.39 is 29.7 Å². The predicted octanol–water partition coefficient (Wildman–Crippen LogP) is 3.23. The Kier molecular flexibility index (Phi) is 3.79. The molecule has 1 aromatic rings. The largest absolute Gasteiger partial charge is 0.444 e. The molecule has 3 N–H and O–H groups in total. The minimum atomic E-state index is -1.13. The second kappa shape index (κ2) is 5.34. The zero-order chi connectivity index (χ0) is 17.9. The Morgan fingerprint density at radius 3 is 2.67 bits per heavy atom. The van der Waals surface area contributed by atoms with E-state index >= 15 is 0 Å². The minimum absolute atomic E-state index is 0.00748. The summed E-state index contributed by atoms with van der Waals surface area (Å²) in [6.07, 6.45) is -0.00999. The SMILES string of the molecule is CC(C)(C)OC(=O)N1[C@@H]([C@H](O)c2cccc(N)c2F)C2CC1(C)C2. The maximum Gasteiger partial charge on any atom is 0.411 e. The lowest BCUT2D eigenvalue weighted by molar-refractivity contribution is -0.00943. The third-order valence-corrected chi connectivity index (χ3v) is 5.06. The first-order valence-corrected chi connectivity index (χ1v) is 8.28. The molecule has 2 saturated heterocycles. The number of aliphatic hydroxyl groups excluding tert-OH is 1. The van der Waals surface area contributed by atoms with Gasteiger partial charge < -0.3 is 15.6 Å². The predicted molar refractivity (Wildman–Crippen MR) is 88.8 cm³/mol. The molecule has 2 bridgehead atoms. The lowest BCUT2D eigenvalue weighted by Gasteiger charge is -2.39. The molecule has 1 aromatic carbocycles. The topological polar surface area (TPSA) is 75.8 Å². The number of nitrogens with two attached hydrogens (primary N) is 1. The van der Waals surface area contributed by atoms with Crippen molar-refractivity contribution in [1.82, 2.24) is 4.90 Å². The summed E-state index contributed by atoms with van der Waals surface area (Å²) < 4.78 is 19.8. The zero-order valence-corrected chi connectivity index (χ0v) is 14.5. The first kappa shape index (κ1) is 17.0. The summed E-state index contributed by atoms with van der Waals surface area (Å²) in [5.74, 6) is -0.484. The second-order valence-corrected chi connectivity index (χ2v) is 8.20. The number of amides is 1. The van der Waals surface area contributed by atoms with Crippen LogP contribution in [0.1, 0.15) is 52.2 Å². The number of halogens is 1. The molecule has 1 amide bonds. The van der Waals surface area contributed by atoms with Crippen molar-refractivity contribution in [1.29, 1.82) is 0 Å². The van der Waals surface area contributed by atoms with Crippen molar-refractivity contribution in [2.24, 2.45) is 5.92 Å². The van der Waals surface area contributed by atoms with Gasteiger partial charge in [-0.2, -0.15) is 0 Å². The molecule has 1 saturated carbocycles. The van der Waals surface area contributed by atoms with Gasteiger partial charge >= 0.3 is 6.09 Å². The molecule has 3 aliphatic rings. The van der Waals surface area contributed by atoms with Crippen molar-refractivity contribution in [3.05, 3.63) is 29.6 Å². The Labute approximate surface area is 141 Å². The standard InChI is InChI=1S/C18H25FN2O3/c1-17(2,3)24-16(23)21-14(10-8-18(21,4)9-10)15(22)11-6-5-7-12(20)13(11)19/h5-7,10,14-15,22H,8-9,20H2,1-4H3/t10?,14-,15-,18?/m1/s1. The molecule has 5 nitrogen and oxygen atoms in total. The van der Waals surface area contributed by atoms with Gasteiger partial charge in [-0.05, 0) is 52.5 Å². The first-order chi connectivity index (χ1) is 11.0. The lowest BCUT2D eigenvalue weighted by atomic mass is 9.72. The van der Waals surface area contributed by atoms with Crippen LogP contribution < -0.4 is 5.73 Å². The number of aliphatic hydroxyl groups is 1. The third-order valence-electron chi connectivity index (χ3n) is 5.06. The van der Waals surface area contributed by atoms with Crippen LogP contribution in [0.5, 0.6) is 0 Å². The molecule has 1 aliphatic carbocycles. The van der Waals surface area contributed by atoms with E-state index in [1.54, 1.807) is 31.7 Å². The number of nitrogen functional groups attached to an aromatic ring is 1. The number of ether oxygens (including phenoxy) is 1.